The smallest absolute Gasteiger partial charge is 0.143 e. The molecule has 0 aliphatic carbocycles. The zero-order valence-electron chi connectivity index (χ0n) is 15.8. The number of hydrogen-bond donors (Lipinski definition) is 3. The summed E-state index contributed by atoms with van der Waals surface area (Å²) in [6.07, 6.45) is 5.64. The number of fused-ring (bicyclic) bond motifs is 1. The normalized spacial score (nSPS) is 17.1. The molecule has 4 rings (SSSR count). The minimum atomic E-state index is -0.0428. The SMILES string of the molecule is COc1cccc(Nc2ncnc3[nH]cc(CN4CCC(C)(N)CC4)c23)c1. The molecule has 2 aromatic heterocycles. The number of H-pyrrole nitrogens is 1. The van der Waals surface area contributed by atoms with Crippen LogP contribution in [0.2, 0.25) is 0 Å². The maximum Gasteiger partial charge on any atom is 0.143 e. The van der Waals surface area contributed by atoms with E-state index in [0.717, 1.165) is 60.8 Å². The maximum atomic E-state index is 6.26. The number of ether oxygens (including phenoxy) is 1. The first-order chi connectivity index (χ1) is 13.0. The summed E-state index contributed by atoms with van der Waals surface area (Å²) >= 11 is 0. The Kier molecular flexibility index (Phi) is 4.72. The van der Waals surface area contributed by atoms with Crippen molar-refractivity contribution in [2.45, 2.75) is 31.8 Å². The zero-order chi connectivity index (χ0) is 18.9. The molecule has 0 bridgehead atoms. The Bertz CT molecular complexity index is 925. The number of piperidine rings is 1. The molecule has 0 radical (unpaired) electrons. The van der Waals surface area contributed by atoms with Gasteiger partial charge in [-0.2, -0.15) is 0 Å². The van der Waals surface area contributed by atoms with Crippen LogP contribution in [-0.2, 0) is 6.54 Å². The Labute approximate surface area is 158 Å². The predicted octanol–water partition coefficient (Wildman–Crippen LogP) is 3.02. The standard InChI is InChI=1S/C20H26N6O/c1-20(21)6-8-26(9-7-20)12-14-11-22-18-17(14)19(24-13-23-18)25-15-4-3-5-16(10-15)27-2/h3-5,10-11,13H,6-9,12,21H2,1-2H3,(H2,22,23,24,25). The van der Waals surface area contributed by atoms with Crippen LogP contribution in [0.3, 0.4) is 0 Å². The fraction of sp³-hybridized carbons (Fsp3) is 0.400. The average Bonchev–Trinajstić information content (AvgIpc) is 3.08. The van der Waals surface area contributed by atoms with Crippen molar-refractivity contribution in [2.24, 2.45) is 5.73 Å². The minimum Gasteiger partial charge on any atom is -0.497 e. The van der Waals surface area contributed by atoms with E-state index in [9.17, 15) is 0 Å². The van der Waals surface area contributed by atoms with Crippen molar-refractivity contribution in [3.8, 4) is 5.75 Å². The van der Waals surface area contributed by atoms with E-state index in [-0.39, 0.29) is 5.54 Å². The van der Waals surface area contributed by atoms with Crippen LogP contribution in [0, 0.1) is 0 Å². The molecule has 1 aliphatic heterocycles. The second-order valence-corrected chi connectivity index (χ2v) is 7.55. The predicted molar refractivity (Wildman–Crippen MR) is 107 cm³/mol. The molecule has 7 heteroatoms. The highest BCUT2D eigenvalue weighted by Crippen LogP contribution is 2.29. The van der Waals surface area contributed by atoms with Gasteiger partial charge in [-0.1, -0.05) is 6.07 Å². The summed E-state index contributed by atoms with van der Waals surface area (Å²) in [4.78, 5) is 14.6. The summed E-state index contributed by atoms with van der Waals surface area (Å²) in [6, 6.07) is 7.82. The summed E-state index contributed by atoms with van der Waals surface area (Å²) in [5.74, 6) is 1.60. The third-order valence-corrected chi connectivity index (χ3v) is 5.28. The molecule has 3 aromatic rings. The first-order valence-electron chi connectivity index (χ1n) is 9.27. The number of benzene rings is 1. The number of nitrogens with zero attached hydrogens (tertiary/aromatic N) is 3. The number of anilines is 2. The van der Waals surface area contributed by atoms with Crippen LogP contribution in [0.5, 0.6) is 5.75 Å². The van der Waals surface area contributed by atoms with Crippen LogP contribution in [0.1, 0.15) is 25.3 Å². The summed E-state index contributed by atoms with van der Waals surface area (Å²) < 4.78 is 5.31. The number of nitrogens with two attached hydrogens (primary N) is 1. The molecule has 142 valence electrons. The molecule has 0 saturated carbocycles. The Morgan fingerprint density at radius 1 is 1.30 bits per heavy atom. The quantitative estimate of drug-likeness (QED) is 0.643. The molecule has 1 aromatic carbocycles. The van der Waals surface area contributed by atoms with Crippen molar-refractivity contribution in [1.29, 1.82) is 0 Å². The lowest BCUT2D eigenvalue weighted by Gasteiger charge is -2.36. The van der Waals surface area contributed by atoms with E-state index in [2.05, 4.69) is 32.1 Å². The Morgan fingerprint density at radius 3 is 2.89 bits per heavy atom. The van der Waals surface area contributed by atoms with Crippen LogP contribution in [0.25, 0.3) is 11.0 Å². The van der Waals surface area contributed by atoms with Crippen LogP contribution >= 0.6 is 0 Å². The first kappa shape index (κ1) is 17.8. The molecule has 27 heavy (non-hydrogen) atoms. The van der Waals surface area contributed by atoms with Gasteiger partial charge < -0.3 is 20.8 Å². The lowest BCUT2D eigenvalue weighted by Crippen LogP contribution is -2.47. The van der Waals surface area contributed by atoms with Gasteiger partial charge in [-0.25, -0.2) is 9.97 Å². The fourth-order valence-corrected chi connectivity index (χ4v) is 3.55. The highest BCUT2D eigenvalue weighted by atomic mass is 16.5. The highest BCUT2D eigenvalue weighted by molar-refractivity contribution is 5.92. The van der Waals surface area contributed by atoms with Crippen molar-refractivity contribution in [1.82, 2.24) is 19.9 Å². The molecular weight excluding hydrogens is 340 g/mol. The highest BCUT2D eigenvalue weighted by Gasteiger charge is 2.26. The van der Waals surface area contributed by atoms with Gasteiger partial charge in [-0.15, -0.1) is 0 Å². The Morgan fingerprint density at radius 2 is 2.11 bits per heavy atom. The molecular formula is C20H26N6O. The van der Waals surface area contributed by atoms with Gasteiger partial charge in [0.2, 0.25) is 0 Å². The minimum absolute atomic E-state index is 0.0428. The van der Waals surface area contributed by atoms with Crippen LogP contribution in [0.4, 0.5) is 11.5 Å². The van der Waals surface area contributed by atoms with Gasteiger partial charge in [0.25, 0.3) is 0 Å². The third-order valence-electron chi connectivity index (χ3n) is 5.28. The van der Waals surface area contributed by atoms with Gasteiger partial charge in [0.15, 0.2) is 0 Å². The third kappa shape index (κ3) is 3.89. The fourth-order valence-electron chi connectivity index (χ4n) is 3.55. The number of likely N-dealkylation sites (tertiary alicyclic amines) is 1. The molecule has 1 saturated heterocycles. The number of rotatable bonds is 5. The van der Waals surface area contributed by atoms with Gasteiger partial charge in [0.1, 0.15) is 23.5 Å². The van der Waals surface area contributed by atoms with Gasteiger partial charge in [0, 0.05) is 43.1 Å². The van der Waals surface area contributed by atoms with Gasteiger partial charge in [-0.05, 0) is 37.5 Å². The largest absolute Gasteiger partial charge is 0.497 e. The van der Waals surface area contributed by atoms with E-state index >= 15 is 0 Å². The second-order valence-electron chi connectivity index (χ2n) is 7.55. The lowest BCUT2D eigenvalue weighted by atomic mass is 9.91. The molecule has 3 heterocycles. The van der Waals surface area contributed by atoms with Crippen LogP contribution in [0.15, 0.2) is 36.8 Å². The molecule has 0 atom stereocenters. The van der Waals surface area contributed by atoms with Gasteiger partial charge in [-0.3, -0.25) is 4.90 Å². The number of nitrogens with one attached hydrogen (secondary N) is 2. The van der Waals surface area contributed by atoms with Crippen molar-refractivity contribution in [3.63, 3.8) is 0 Å². The van der Waals surface area contributed by atoms with Gasteiger partial charge in [0.05, 0.1) is 12.5 Å². The van der Waals surface area contributed by atoms with E-state index in [1.807, 2.05) is 30.5 Å². The molecule has 1 aliphatic rings. The van der Waals surface area contributed by atoms with E-state index in [1.54, 1.807) is 13.4 Å². The van der Waals surface area contributed by atoms with Gasteiger partial charge >= 0.3 is 0 Å². The number of methoxy groups -OCH3 is 1. The number of aromatic nitrogens is 3. The monoisotopic (exact) mass is 366 g/mol. The zero-order valence-corrected chi connectivity index (χ0v) is 15.8. The van der Waals surface area contributed by atoms with Crippen LogP contribution in [-0.4, -0.2) is 45.6 Å². The van der Waals surface area contributed by atoms with E-state index < -0.39 is 0 Å². The van der Waals surface area contributed by atoms with E-state index in [0.29, 0.717) is 0 Å². The van der Waals surface area contributed by atoms with E-state index in [4.69, 9.17) is 10.5 Å². The summed E-state index contributed by atoms with van der Waals surface area (Å²) in [6.45, 7) is 5.01. The molecule has 1 fully saturated rings. The Balaban J connectivity index is 1.59. The summed E-state index contributed by atoms with van der Waals surface area (Å²) in [5.41, 5.74) is 9.18. The summed E-state index contributed by atoms with van der Waals surface area (Å²) in [5, 5.41) is 4.44. The Hall–Kier alpha value is -2.64. The van der Waals surface area contributed by atoms with Crippen molar-refractivity contribution >= 4 is 22.5 Å². The number of aromatic amines is 1. The van der Waals surface area contributed by atoms with Crippen LogP contribution < -0.4 is 15.8 Å². The number of hydrogen-bond acceptors (Lipinski definition) is 6. The maximum absolute atomic E-state index is 6.26. The topological polar surface area (TPSA) is 92.1 Å². The molecule has 0 spiro atoms. The molecule has 0 amide bonds. The van der Waals surface area contributed by atoms with Crippen molar-refractivity contribution in [2.75, 3.05) is 25.5 Å². The van der Waals surface area contributed by atoms with E-state index in [1.165, 1.54) is 5.56 Å². The van der Waals surface area contributed by atoms with Crippen molar-refractivity contribution < 1.29 is 4.74 Å². The average molecular weight is 366 g/mol. The molecule has 7 nitrogen and oxygen atoms in total. The second kappa shape index (κ2) is 7.17. The lowest BCUT2D eigenvalue weighted by molar-refractivity contribution is 0.165. The molecule has 0 unspecified atom stereocenters. The van der Waals surface area contributed by atoms with Crippen molar-refractivity contribution in [3.05, 3.63) is 42.4 Å². The molecule has 4 N–H and O–H groups in total. The first-order valence-corrected chi connectivity index (χ1v) is 9.27. The summed E-state index contributed by atoms with van der Waals surface area (Å²) in [7, 11) is 1.66.